The van der Waals surface area contributed by atoms with Crippen LogP contribution in [0, 0.1) is 10.8 Å². The molecule has 2 saturated carbocycles. The summed E-state index contributed by atoms with van der Waals surface area (Å²) in [6.45, 7) is 5.71. The molecular formula is C13H25N3O. The van der Waals surface area contributed by atoms with Crippen molar-refractivity contribution < 1.29 is 5.21 Å². The van der Waals surface area contributed by atoms with E-state index in [1.807, 2.05) is 0 Å². The summed E-state index contributed by atoms with van der Waals surface area (Å²) in [5, 5.41) is 15.4. The second-order valence-corrected chi connectivity index (χ2v) is 6.58. The van der Waals surface area contributed by atoms with Crippen LogP contribution >= 0.6 is 0 Å². The second-order valence-electron chi connectivity index (χ2n) is 6.58. The minimum atomic E-state index is 0.273. The summed E-state index contributed by atoms with van der Waals surface area (Å²) in [4.78, 5) is 0. The van der Waals surface area contributed by atoms with Gasteiger partial charge < -0.3 is 16.3 Å². The van der Waals surface area contributed by atoms with Gasteiger partial charge in [-0.1, -0.05) is 25.4 Å². The van der Waals surface area contributed by atoms with E-state index in [0.29, 0.717) is 17.3 Å². The molecule has 4 N–H and O–H groups in total. The number of hydrogen-bond donors (Lipinski definition) is 3. The molecule has 0 aromatic rings. The SMILES string of the molecule is CC1(C)CCCC1NCC1(CC(N)=NO)CC1. The Morgan fingerprint density at radius 3 is 2.59 bits per heavy atom. The number of amidine groups is 1. The van der Waals surface area contributed by atoms with E-state index >= 15 is 0 Å². The van der Waals surface area contributed by atoms with Crippen LogP contribution in [0.15, 0.2) is 5.16 Å². The Hall–Kier alpha value is -0.770. The predicted molar refractivity (Wildman–Crippen MR) is 69.1 cm³/mol. The average Bonchev–Trinajstić information content (AvgIpc) is 2.94. The first-order valence-electron chi connectivity index (χ1n) is 6.67. The molecule has 2 aliphatic rings. The molecule has 0 amide bonds. The fraction of sp³-hybridized carbons (Fsp3) is 0.923. The molecule has 98 valence electrons. The first-order valence-corrected chi connectivity index (χ1v) is 6.67. The molecule has 2 aliphatic carbocycles. The van der Waals surface area contributed by atoms with Crippen molar-refractivity contribution in [3.63, 3.8) is 0 Å². The fourth-order valence-electron chi connectivity index (χ4n) is 3.06. The van der Waals surface area contributed by atoms with Gasteiger partial charge >= 0.3 is 0 Å². The summed E-state index contributed by atoms with van der Waals surface area (Å²) in [5.41, 5.74) is 6.30. The maximum absolute atomic E-state index is 8.63. The number of nitrogens with one attached hydrogen (secondary N) is 1. The zero-order valence-corrected chi connectivity index (χ0v) is 11.0. The second kappa shape index (κ2) is 4.48. The van der Waals surface area contributed by atoms with E-state index in [9.17, 15) is 0 Å². The third-order valence-corrected chi connectivity index (χ3v) is 4.62. The van der Waals surface area contributed by atoms with Gasteiger partial charge in [-0.05, 0) is 36.5 Å². The number of oxime groups is 1. The van der Waals surface area contributed by atoms with Crippen LogP contribution in [0.2, 0.25) is 0 Å². The number of rotatable bonds is 5. The lowest BCUT2D eigenvalue weighted by atomic mass is 9.87. The highest BCUT2D eigenvalue weighted by Gasteiger charge is 2.44. The maximum Gasteiger partial charge on any atom is 0.139 e. The van der Waals surface area contributed by atoms with Gasteiger partial charge in [-0.15, -0.1) is 0 Å². The molecule has 17 heavy (non-hydrogen) atoms. The lowest BCUT2D eigenvalue weighted by Crippen LogP contribution is -2.41. The minimum absolute atomic E-state index is 0.273. The molecule has 1 atom stereocenters. The summed E-state index contributed by atoms with van der Waals surface area (Å²) in [7, 11) is 0. The Labute approximate surface area is 104 Å². The van der Waals surface area contributed by atoms with Crippen molar-refractivity contribution in [2.75, 3.05) is 6.54 Å². The van der Waals surface area contributed by atoms with E-state index < -0.39 is 0 Å². The van der Waals surface area contributed by atoms with Crippen LogP contribution in [0.1, 0.15) is 52.4 Å². The highest BCUT2D eigenvalue weighted by Crippen LogP contribution is 2.49. The third-order valence-electron chi connectivity index (χ3n) is 4.62. The Balaban J connectivity index is 1.82. The standard InChI is InChI=1S/C13H25N3O/c1-12(2)5-3-4-10(12)15-9-13(6-7-13)8-11(14)16-17/h10,15,17H,3-9H2,1-2H3,(H2,14,16). The summed E-state index contributed by atoms with van der Waals surface area (Å²) >= 11 is 0. The Morgan fingerprint density at radius 1 is 1.41 bits per heavy atom. The minimum Gasteiger partial charge on any atom is -0.409 e. The van der Waals surface area contributed by atoms with E-state index in [0.717, 1.165) is 13.0 Å². The van der Waals surface area contributed by atoms with Gasteiger partial charge in [0.25, 0.3) is 0 Å². The van der Waals surface area contributed by atoms with Crippen LogP contribution in [-0.4, -0.2) is 23.6 Å². The molecule has 4 heteroatoms. The van der Waals surface area contributed by atoms with Crippen LogP contribution in [0.4, 0.5) is 0 Å². The molecule has 0 saturated heterocycles. The Bertz CT molecular complexity index is 308. The molecule has 0 radical (unpaired) electrons. The van der Waals surface area contributed by atoms with Crippen molar-refractivity contribution in [3.8, 4) is 0 Å². The molecule has 0 bridgehead atoms. The first-order chi connectivity index (χ1) is 7.97. The van der Waals surface area contributed by atoms with Gasteiger partial charge in [0, 0.05) is 19.0 Å². The predicted octanol–water partition coefficient (Wildman–Crippen LogP) is 2.07. The summed E-state index contributed by atoms with van der Waals surface area (Å²) < 4.78 is 0. The molecule has 0 heterocycles. The van der Waals surface area contributed by atoms with E-state index in [2.05, 4.69) is 24.3 Å². The fourth-order valence-corrected chi connectivity index (χ4v) is 3.06. The van der Waals surface area contributed by atoms with Crippen molar-refractivity contribution >= 4 is 5.84 Å². The van der Waals surface area contributed by atoms with Crippen molar-refractivity contribution in [1.29, 1.82) is 0 Å². The number of hydrogen-bond acceptors (Lipinski definition) is 3. The zero-order valence-electron chi connectivity index (χ0n) is 11.0. The monoisotopic (exact) mass is 239 g/mol. The quantitative estimate of drug-likeness (QED) is 0.298. The summed E-state index contributed by atoms with van der Waals surface area (Å²) in [6, 6.07) is 0.632. The Kier molecular flexibility index (Phi) is 3.34. The smallest absolute Gasteiger partial charge is 0.139 e. The molecule has 4 nitrogen and oxygen atoms in total. The molecule has 0 aromatic carbocycles. The van der Waals surface area contributed by atoms with Crippen molar-refractivity contribution in [2.45, 2.75) is 58.4 Å². The highest BCUT2D eigenvalue weighted by atomic mass is 16.4. The molecule has 0 aliphatic heterocycles. The van der Waals surface area contributed by atoms with E-state index in [1.54, 1.807) is 0 Å². The van der Waals surface area contributed by atoms with Gasteiger partial charge in [-0.3, -0.25) is 0 Å². The van der Waals surface area contributed by atoms with Gasteiger partial charge in [0.1, 0.15) is 5.84 Å². The normalized spacial score (nSPS) is 30.5. The first kappa shape index (κ1) is 12.7. The average molecular weight is 239 g/mol. The lowest BCUT2D eigenvalue weighted by Gasteiger charge is -2.29. The lowest BCUT2D eigenvalue weighted by molar-refractivity contribution is 0.266. The number of nitrogens with zero attached hydrogens (tertiary/aromatic N) is 1. The highest BCUT2D eigenvalue weighted by molar-refractivity contribution is 5.80. The van der Waals surface area contributed by atoms with Crippen LogP contribution in [0.5, 0.6) is 0 Å². The molecule has 1 unspecified atom stereocenters. The van der Waals surface area contributed by atoms with Crippen LogP contribution in [-0.2, 0) is 0 Å². The van der Waals surface area contributed by atoms with Gasteiger partial charge in [0.15, 0.2) is 0 Å². The van der Waals surface area contributed by atoms with Crippen molar-refractivity contribution in [2.24, 2.45) is 21.7 Å². The van der Waals surface area contributed by atoms with Crippen molar-refractivity contribution in [1.82, 2.24) is 5.32 Å². The van der Waals surface area contributed by atoms with Gasteiger partial charge in [0.05, 0.1) is 0 Å². The summed E-state index contributed by atoms with van der Waals surface area (Å²) in [5.74, 6) is 0.370. The Morgan fingerprint density at radius 2 is 2.12 bits per heavy atom. The third kappa shape index (κ3) is 2.92. The molecular weight excluding hydrogens is 214 g/mol. The largest absolute Gasteiger partial charge is 0.409 e. The van der Waals surface area contributed by atoms with E-state index in [4.69, 9.17) is 10.9 Å². The van der Waals surface area contributed by atoms with E-state index in [1.165, 1.54) is 32.1 Å². The molecule has 0 aromatic heterocycles. The van der Waals surface area contributed by atoms with Crippen LogP contribution in [0.3, 0.4) is 0 Å². The van der Waals surface area contributed by atoms with Crippen molar-refractivity contribution in [3.05, 3.63) is 0 Å². The zero-order chi connectivity index (χ0) is 12.5. The van der Waals surface area contributed by atoms with Gasteiger partial charge in [0.2, 0.25) is 0 Å². The van der Waals surface area contributed by atoms with Crippen LogP contribution < -0.4 is 11.1 Å². The summed E-state index contributed by atoms with van der Waals surface area (Å²) in [6.07, 6.45) is 7.05. The molecule has 0 spiro atoms. The molecule has 2 rings (SSSR count). The van der Waals surface area contributed by atoms with Gasteiger partial charge in [-0.25, -0.2) is 0 Å². The van der Waals surface area contributed by atoms with E-state index in [-0.39, 0.29) is 5.41 Å². The molecule has 2 fully saturated rings. The van der Waals surface area contributed by atoms with Gasteiger partial charge in [-0.2, -0.15) is 0 Å². The maximum atomic E-state index is 8.63. The topological polar surface area (TPSA) is 70.6 Å². The number of nitrogens with two attached hydrogens (primary N) is 1. The van der Waals surface area contributed by atoms with Crippen LogP contribution in [0.25, 0.3) is 0 Å².